The third kappa shape index (κ3) is 5.67. The van der Waals surface area contributed by atoms with E-state index < -0.39 is 65.9 Å². The van der Waals surface area contributed by atoms with Crippen LogP contribution in [-0.2, 0) is 23.9 Å². The maximum atomic E-state index is 12.9. The summed E-state index contributed by atoms with van der Waals surface area (Å²) in [7, 11) is 0. The zero-order chi connectivity index (χ0) is 28.4. The highest BCUT2D eigenvalue weighted by atomic mass is 32.2. The molecule has 5 atom stereocenters. The smallest absolute Gasteiger partial charge is 0.413 e. The molecule has 0 saturated carbocycles. The molecule has 18 nitrogen and oxygen atoms in total. The average Bonchev–Trinajstić information content (AvgIpc) is 3.61. The highest BCUT2D eigenvalue weighted by molar-refractivity contribution is 8.00. The minimum Gasteiger partial charge on any atom is -0.480 e. The second-order valence-corrected chi connectivity index (χ2v) is 10.2. The summed E-state index contributed by atoms with van der Waals surface area (Å²) in [5, 5.41) is 47.6. The van der Waals surface area contributed by atoms with Crippen molar-refractivity contribution in [3.05, 3.63) is 28.2 Å². The number of tetrazole rings is 1. The third-order valence-corrected chi connectivity index (χ3v) is 7.82. The van der Waals surface area contributed by atoms with Gasteiger partial charge in [0, 0.05) is 17.1 Å². The predicted molar refractivity (Wildman–Crippen MR) is 130 cm³/mol. The van der Waals surface area contributed by atoms with Crippen LogP contribution in [0, 0.1) is 0 Å². The Morgan fingerprint density at radius 3 is 2.72 bits per heavy atom. The number of fused-ring (bicyclic) bond motifs is 1. The van der Waals surface area contributed by atoms with Gasteiger partial charge in [0.25, 0.3) is 11.8 Å². The number of amides is 3. The van der Waals surface area contributed by atoms with Crippen LogP contribution < -0.4 is 16.4 Å². The summed E-state index contributed by atoms with van der Waals surface area (Å²) in [6, 6.07) is -2.51. The number of carboxylic acids is 2. The molecule has 1 fully saturated rings. The molecule has 2 aliphatic heterocycles. The number of carboxylic acid groups (broad SMARTS) is 2. The molecule has 4 rings (SSSR count). The van der Waals surface area contributed by atoms with E-state index in [1.807, 2.05) is 0 Å². The number of aliphatic hydroxyl groups excluding tert-OH is 1. The van der Waals surface area contributed by atoms with Crippen LogP contribution in [0.25, 0.3) is 0 Å². The van der Waals surface area contributed by atoms with E-state index in [4.69, 9.17) is 10.8 Å². The first-order valence-corrected chi connectivity index (χ1v) is 12.9. The average molecular weight is 584 g/mol. The molecular weight excluding hydrogens is 562 g/mol. The Hall–Kier alpha value is -4.14. The number of nitrogens with one attached hydrogen (secondary N) is 3. The Morgan fingerprint density at radius 2 is 2.08 bits per heavy atom. The second-order valence-electron chi connectivity index (χ2n) is 8.22. The summed E-state index contributed by atoms with van der Waals surface area (Å²) in [4.78, 5) is 65.0. The Balaban J connectivity index is 1.37. The van der Waals surface area contributed by atoms with Crippen molar-refractivity contribution in [3.63, 3.8) is 0 Å². The number of aliphatic carboxylic acids is 2. The van der Waals surface area contributed by atoms with Crippen molar-refractivity contribution in [2.24, 2.45) is 5.73 Å². The van der Waals surface area contributed by atoms with Crippen molar-refractivity contribution in [2.45, 2.75) is 36.4 Å². The quantitative estimate of drug-likeness (QED) is 0.152. The Labute approximate surface area is 226 Å². The van der Waals surface area contributed by atoms with Crippen LogP contribution in [0.2, 0.25) is 0 Å². The van der Waals surface area contributed by atoms with Crippen molar-refractivity contribution in [3.8, 4) is 0 Å². The second kappa shape index (κ2) is 11.3. The van der Waals surface area contributed by atoms with Crippen LogP contribution in [0.5, 0.6) is 0 Å². The SMILES string of the molecule is CC(C1=C(C(=O)O)N2C(=O)[C@@H](NC(=O)C(O)c3csc(NC(=O)OC[C@@H](N)C(=O)O)n3)[C@@H]2SC1)c1nn[nH]n1. The summed E-state index contributed by atoms with van der Waals surface area (Å²) >= 11 is 2.08. The topological polar surface area (TPSA) is 276 Å². The zero-order valence-corrected chi connectivity index (χ0v) is 21.4. The van der Waals surface area contributed by atoms with Gasteiger partial charge in [0.1, 0.15) is 29.8 Å². The van der Waals surface area contributed by atoms with Gasteiger partial charge >= 0.3 is 18.0 Å². The van der Waals surface area contributed by atoms with Gasteiger partial charge < -0.3 is 31.1 Å². The Bertz CT molecular complexity index is 1330. The van der Waals surface area contributed by atoms with Crippen molar-refractivity contribution in [1.29, 1.82) is 0 Å². The number of thioether (sulfide) groups is 1. The van der Waals surface area contributed by atoms with Crippen molar-refractivity contribution in [2.75, 3.05) is 17.7 Å². The maximum absolute atomic E-state index is 12.9. The number of thiazole rings is 1. The first kappa shape index (κ1) is 27.9. The number of hydrogen-bond acceptors (Lipinski definition) is 14. The van der Waals surface area contributed by atoms with Crippen LogP contribution in [0.1, 0.15) is 30.5 Å². The van der Waals surface area contributed by atoms with Gasteiger partial charge in [0.2, 0.25) is 0 Å². The predicted octanol–water partition coefficient (Wildman–Crippen LogP) is -1.81. The molecule has 3 amide bonds. The molecule has 2 aliphatic rings. The number of nitrogens with two attached hydrogens (primary N) is 1. The number of nitrogens with zero attached hydrogens (tertiary/aromatic N) is 5. The van der Waals surface area contributed by atoms with Gasteiger partial charge in [-0.2, -0.15) is 5.21 Å². The molecule has 208 valence electrons. The summed E-state index contributed by atoms with van der Waals surface area (Å²) in [6.45, 7) is 1.10. The normalized spacial score (nSPS) is 20.8. The molecule has 20 heteroatoms. The monoisotopic (exact) mass is 583 g/mol. The fourth-order valence-corrected chi connectivity index (χ4v) is 5.87. The van der Waals surface area contributed by atoms with Crippen molar-refractivity contribution in [1.82, 2.24) is 35.8 Å². The van der Waals surface area contributed by atoms with Gasteiger partial charge in [0.05, 0.1) is 5.69 Å². The largest absolute Gasteiger partial charge is 0.480 e. The summed E-state index contributed by atoms with van der Waals surface area (Å²) in [6.07, 6.45) is -2.86. The van der Waals surface area contributed by atoms with Crippen LogP contribution in [0.4, 0.5) is 9.93 Å². The van der Waals surface area contributed by atoms with Gasteiger partial charge in [-0.1, -0.05) is 12.1 Å². The number of ether oxygens (including phenoxy) is 1. The van der Waals surface area contributed by atoms with E-state index in [-0.39, 0.29) is 28.1 Å². The first-order valence-electron chi connectivity index (χ1n) is 11.0. The van der Waals surface area contributed by atoms with Gasteiger partial charge in [-0.3, -0.25) is 24.6 Å². The molecule has 0 spiro atoms. The van der Waals surface area contributed by atoms with Crippen LogP contribution in [0.3, 0.4) is 0 Å². The summed E-state index contributed by atoms with van der Waals surface area (Å²) in [5.41, 5.74) is 5.29. The number of β-lactam (4-membered cyclic amide) rings is 1. The lowest BCUT2D eigenvalue weighted by Crippen LogP contribution is -2.71. The summed E-state index contributed by atoms with van der Waals surface area (Å²) in [5.74, 6) is -4.38. The molecule has 2 aromatic rings. The summed E-state index contributed by atoms with van der Waals surface area (Å²) < 4.78 is 4.66. The number of carbonyl (C=O) groups excluding carboxylic acids is 3. The molecule has 4 heterocycles. The van der Waals surface area contributed by atoms with Crippen LogP contribution in [-0.4, -0.2) is 105 Å². The lowest BCUT2D eigenvalue weighted by atomic mass is 9.95. The first-order chi connectivity index (χ1) is 18.5. The fourth-order valence-electron chi connectivity index (χ4n) is 3.68. The molecule has 0 bridgehead atoms. The number of H-pyrrole nitrogens is 1. The standard InChI is InChI=1S/C19H21N9O9S2/c1-5(12-24-26-27-25-12)6-3-38-15-9(14(31)28(15)10(6)17(34)35)22-13(30)11(29)8-4-39-18(21-8)23-19(36)37-2-7(20)16(32)33/h4-5,7,9,11,15,29H,2-3,20H2,1H3,(H,22,30)(H,32,33)(H,34,35)(H,21,23,36)(H,24,25,26,27)/t5?,7-,9-,11?,15+/m1/s1. The number of aromatic nitrogens is 5. The highest BCUT2D eigenvalue weighted by Crippen LogP contribution is 2.43. The Kier molecular flexibility index (Phi) is 8.09. The zero-order valence-electron chi connectivity index (χ0n) is 19.8. The lowest BCUT2D eigenvalue weighted by Gasteiger charge is -2.50. The fraction of sp³-hybridized carbons (Fsp3) is 0.421. The molecular formula is C19H21N9O9S2. The van der Waals surface area contributed by atoms with Gasteiger partial charge in [-0.15, -0.1) is 33.3 Å². The number of rotatable bonds is 10. The van der Waals surface area contributed by atoms with E-state index in [0.717, 1.165) is 16.2 Å². The minimum atomic E-state index is -1.81. The van der Waals surface area contributed by atoms with Crippen LogP contribution >= 0.6 is 23.1 Å². The number of anilines is 1. The molecule has 0 radical (unpaired) electrons. The van der Waals surface area contributed by atoms with E-state index in [0.29, 0.717) is 5.57 Å². The molecule has 39 heavy (non-hydrogen) atoms. The molecule has 2 aromatic heterocycles. The van der Waals surface area contributed by atoms with Crippen molar-refractivity contribution >= 4 is 58.1 Å². The van der Waals surface area contributed by atoms with Crippen molar-refractivity contribution < 1.29 is 44.0 Å². The molecule has 2 unspecified atom stereocenters. The van der Waals surface area contributed by atoms with E-state index in [1.165, 1.54) is 17.1 Å². The number of hydrogen-bond donors (Lipinski definition) is 7. The number of carbonyl (C=O) groups is 5. The molecule has 1 saturated heterocycles. The lowest BCUT2D eigenvalue weighted by molar-refractivity contribution is -0.151. The molecule has 8 N–H and O–H groups in total. The Morgan fingerprint density at radius 1 is 1.33 bits per heavy atom. The van der Waals surface area contributed by atoms with Gasteiger partial charge in [0.15, 0.2) is 17.1 Å². The molecule has 0 aromatic carbocycles. The van der Waals surface area contributed by atoms with Gasteiger partial charge in [-0.05, 0) is 5.57 Å². The third-order valence-electron chi connectivity index (χ3n) is 5.74. The van der Waals surface area contributed by atoms with E-state index >= 15 is 0 Å². The maximum Gasteiger partial charge on any atom is 0.413 e. The van der Waals surface area contributed by atoms with E-state index in [1.54, 1.807) is 6.92 Å². The van der Waals surface area contributed by atoms with Crippen LogP contribution in [0.15, 0.2) is 16.7 Å². The number of aromatic amines is 1. The number of aliphatic hydroxyl groups is 1. The molecule has 0 aliphatic carbocycles. The van der Waals surface area contributed by atoms with E-state index in [9.17, 15) is 34.2 Å². The minimum absolute atomic E-state index is 0.0565. The van der Waals surface area contributed by atoms with E-state index in [2.05, 4.69) is 41.0 Å². The van der Waals surface area contributed by atoms with Gasteiger partial charge in [-0.25, -0.2) is 14.6 Å². The highest BCUT2D eigenvalue weighted by Gasteiger charge is 2.55.